The highest BCUT2D eigenvalue weighted by molar-refractivity contribution is 6.15. The van der Waals surface area contributed by atoms with E-state index >= 15 is 0 Å². The third kappa shape index (κ3) is 3.12. The van der Waals surface area contributed by atoms with Gasteiger partial charge in [0.2, 0.25) is 5.91 Å². The van der Waals surface area contributed by atoms with Crippen molar-refractivity contribution in [1.29, 1.82) is 0 Å². The molecule has 0 spiro atoms. The number of para-hydroxylation sites is 1. The number of rotatable bonds is 4. The lowest BCUT2D eigenvalue weighted by Gasteiger charge is -2.32. The lowest BCUT2D eigenvalue weighted by molar-refractivity contribution is -0.129. The van der Waals surface area contributed by atoms with Crippen LogP contribution in [0.3, 0.4) is 0 Å². The first kappa shape index (κ1) is 17.7. The molecule has 1 aliphatic heterocycles. The summed E-state index contributed by atoms with van der Waals surface area (Å²) < 4.78 is 0. The van der Waals surface area contributed by atoms with Gasteiger partial charge in [-0.1, -0.05) is 12.1 Å². The van der Waals surface area contributed by atoms with Crippen LogP contribution in [0.25, 0.3) is 21.9 Å². The fourth-order valence-corrected chi connectivity index (χ4v) is 3.80. The van der Waals surface area contributed by atoms with Gasteiger partial charge >= 0.3 is 6.03 Å². The summed E-state index contributed by atoms with van der Waals surface area (Å²) in [6, 6.07) is 5.73. The molecule has 3 aromatic rings. The number of hydrazine groups is 1. The van der Waals surface area contributed by atoms with Crippen LogP contribution in [0.1, 0.15) is 39.5 Å². The van der Waals surface area contributed by atoms with Crippen LogP contribution in [0.4, 0.5) is 16.3 Å². The number of carbonyl (C=O) groups is 2. The van der Waals surface area contributed by atoms with Crippen LogP contribution < -0.4 is 16.1 Å². The maximum Gasteiger partial charge on any atom is 0.319 e. The number of carbonyl (C=O) groups excluding carboxylic acids is 2. The van der Waals surface area contributed by atoms with E-state index in [-0.39, 0.29) is 23.5 Å². The van der Waals surface area contributed by atoms with Gasteiger partial charge in [0.1, 0.15) is 12.0 Å². The summed E-state index contributed by atoms with van der Waals surface area (Å²) in [7, 11) is 0. The number of aromatic nitrogens is 3. The number of fused-ring (bicyclic) bond motifs is 3. The van der Waals surface area contributed by atoms with E-state index in [2.05, 4.69) is 31.0 Å². The molecule has 1 saturated carbocycles. The second kappa shape index (κ2) is 6.33. The molecule has 2 aliphatic rings. The van der Waals surface area contributed by atoms with Gasteiger partial charge in [-0.2, -0.15) is 0 Å². The van der Waals surface area contributed by atoms with E-state index in [1.165, 1.54) is 6.33 Å². The zero-order valence-corrected chi connectivity index (χ0v) is 16.4. The minimum absolute atomic E-state index is 0.0423. The second-order valence-corrected chi connectivity index (χ2v) is 8.33. The van der Waals surface area contributed by atoms with Crippen LogP contribution in [-0.4, -0.2) is 43.5 Å². The third-order valence-electron chi connectivity index (χ3n) is 5.61. The summed E-state index contributed by atoms with van der Waals surface area (Å²) in [6.07, 6.45) is 4.80. The van der Waals surface area contributed by atoms with E-state index in [4.69, 9.17) is 0 Å². The van der Waals surface area contributed by atoms with Crippen molar-refractivity contribution in [2.75, 3.05) is 10.7 Å². The van der Waals surface area contributed by atoms with E-state index in [0.29, 0.717) is 23.6 Å². The Balaban J connectivity index is 1.54. The lowest BCUT2D eigenvalue weighted by Crippen LogP contribution is -2.45. The summed E-state index contributed by atoms with van der Waals surface area (Å²) >= 11 is 0. The number of urea groups is 1. The number of H-pyrrole nitrogens is 1. The number of nitrogens with zero attached hydrogens (tertiary/aromatic N) is 3. The number of aromatic amines is 1. The van der Waals surface area contributed by atoms with Crippen molar-refractivity contribution in [2.24, 2.45) is 0 Å². The zero-order valence-electron chi connectivity index (χ0n) is 16.4. The molecule has 9 nitrogen and oxygen atoms in total. The molecule has 1 aromatic carbocycles. The maximum absolute atomic E-state index is 12.4. The van der Waals surface area contributed by atoms with Gasteiger partial charge in [-0.15, -0.1) is 0 Å². The minimum atomic E-state index is -0.298. The molecular formula is C20H23N7O2. The SMILES string of the molecule is CC1(C)CCC(=O)N1Nc1ncnc2[nH]c3c(NC(=O)NC4CC4)cccc3c12. The first-order chi connectivity index (χ1) is 13.9. The second-order valence-electron chi connectivity index (χ2n) is 8.33. The molecule has 0 radical (unpaired) electrons. The van der Waals surface area contributed by atoms with E-state index in [1.54, 1.807) is 5.01 Å². The summed E-state index contributed by atoms with van der Waals surface area (Å²) in [5.41, 5.74) is 4.99. The predicted octanol–water partition coefficient (Wildman–Crippen LogP) is 3.12. The summed E-state index contributed by atoms with van der Waals surface area (Å²) in [5.74, 6) is 0.602. The van der Waals surface area contributed by atoms with Gasteiger partial charge in [0.15, 0.2) is 5.82 Å². The molecule has 5 rings (SSSR count). The molecule has 150 valence electrons. The fraction of sp³-hybridized carbons (Fsp3) is 0.400. The molecule has 4 N–H and O–H groups in total. The van der Waals surface area contributed by atoms with E-state index in [1.807, 2.05) is 32.0 Å². The number of hydrogen-bond acceptors (Lipinski definition) is 5. The fourth-order valence-electron chi connectivity index (χ4n) is 3.80. The van der Waals surface area contributed by atoms with Crippen molar-refractivity contribution in [3.63, 3.8) is 0 Å². The van der Waals surface area contributed by atoms with Gasteiger partial charge in [0, 0.05) is 17.8 Å². The zero-order chi connectivity index (χ0) is 20.2. The first-order valence-electron chi connectivity index (χ1n) is 9.85. The number of nitrogens with one attached hydrogen (secondary N) is 4. The Kier molecular flexibility index (Phi) is 3.87. The molecule has 0 unspecified atom stereocenters. The van der Waals surface area contributed by atoms with Crippen LogP contribution in [-0.2, 0) is 4.79 Å². The standard InChI is InChI=1S/C20H23N7O2/c1-20(2)9-8-14(28)27(20)26-18-15-12-4-3-5-13(24-19(29)23-11-6-7-11)16(12)25-17(15)21-10-22-18/h3-5,10-11H,6-9H2,1-2H3,(H2,23,24,29)(H2,21,22,25,26). The van der Waals surface area contributed by atoms with Crippen molar-refractivity contribution < 1.29 is 9.59 Å². The lowest BCUT2D eigenvalue weighted by atomic mass is 10.0. The number of amides is 3. The van der Waals surface area contributed by atoms with Crippen molar-refractivity contribution >= 4 is 45.4 Å². The van der Waals surface area contributed by atoms with Crippen LogP contribution in [0.5, 0.6) is 0 Å². The van der Waals surface area contributed by atoms with Gasteiger partial charge in [-0.3, -0.25) is 10.2 Å². The van der Waals surface area contributed by atoms with E-state index < -0.39 is 0 Å². The maximum atomic E-state index is 12.4. The van der Waals surface area contributed by atoms with Gasteiger partial charge in [-0.05, 0) is 39.2 Å². The molecule has 2 aromatic heterocycles. The van der Waals surface area contributed by atoms with Crippen molar-refractivity contribution in [1.82, 2.24) is 25.3 Å². The van der Waals surface area contributed by atoms with Crippen molar-refractivity contribution in [3.05, 3.63) is 24.5 Å². The Hall–Kier alpha value is -3.36. The quantitative estimate of drug-likeness (QED) is 0.544. The van der Waals surface area contributed by atoms with Gasteiger partial charge < -0.3 is 15.6 Å². The van der Waals surface area contributed by atoms with E-state index in [0.717, 1.165) is 35.6 Å². The van der Waals surface area contributed by atoms with Crippen molar-refractivity contribution in [2.45, 2.75) is 51.1 Å². The Morgan fingerprint density at radius 3 is 2.83 bits per heavy atom. The largest absolute Gasteiger partial charge is 0.337 e. The topological polar surface area (TPSA) is 115 Å². The molecule has 0 bridgehead atoms. The van der Waals surface area contributed by atoms with Gasteiger partial charge in [-0.25, -0.2) is 19.8 Å². The van der Waals surface area contributed by atoms with Gasteiger partial charge in [0.25, 0.3) is 0 Å². The molecule has 29 heavy (non-hydrogen) atoms. The summed E-state index contributed by atoms with van der Waals surface area (Å²) in [6.45, 7) is 4.05. The molecule has 0 atom stereocenters. The predicted molar refractivity (Wildman–Crippen MR) is 110 cm³/mol. The molecule has 9 heteroatoms. The molecule has 2 fully saturated rings. The number of hydrogen-bond donors (Lipinski definition) is 4. The number of anilines is 2. The molecule has 1 aliphatic carbocycles. The Bertz CT molecular complexity index is 1130. The third-order valence-corrected chi connectivity index (χ3v) is 5.61. The average molecular weight is 393 g/mol. The Morgan fingerprint density at radius 2 is 2.10 bits per heavy atom. The monoisotopic (exact) mass is 393 g/mol. The Labute approximate surface area is 167 Å². The smallest absolute Gasteiger partial charge is 0.319 e. The van der Waals surface area contributed by atoms with Crippen molar-refractivity contribution in [3.8, 4) is 0 Å². The number of benzene rings is 1. The highest BCUT2D eigenvalue weighted by atomic mass is 16.2. The van der Waals surface area contributed by atoms with Crippen LogP contribution in [0.2, 0.25) is 0 Å². The normalized spacial score (nSPS) is 18.4. The van der Waals surface area contributed by atoms with Crippen LogP contribution in [0.15, 0.2) is 24.5 Å². The first-order valence-corrected chi connectivity index (χ1v) is 9.85. The summed E-state index contributed by atoms with van der Waals surface area (Å²) in [4.78, 5) is 36.6. The van der Waals surface area contributed by atoms with Gasteiger partial charge in [0.05, 0.1) is 22.1 Å². The minimum Gasteiger partial charge on any atom is -0.337 e. The van der Waals surface area contributed by atoms with Crippen LogP contribution in [0, 0.1) is 0 Å². The molecule has 1 saturated heterocycles. The molecule has 3 amide bonds. The molecule has 3 heterocycles. The highest BCUT2D eigenvalue weighted by Gasteiger charge is 2.38. The highest BCUT2D eigenvalue weighted by Crippen LogP contribution is 2.35. The summed E-state index contributed by atoms with van der Waals surface area (Å²) in [5, 5.41) is 9.15. The average Bonchev–Trinajstić information content (AvgIpc) is 3.34. The van der Waals surface area contributed by atoms with E-state index in [9.17, 15) is 9.59 Å². The molecular weight excluding hydrogens is 370 g/mol. The van der Waals surface area contributed by atoms with Crippen LogP contribution >= 0.6 is 0 Å². The Morgan fingerprint density at radius 1 is 1.28 bits per heavy atom.